The van der Waals surface area contributed by atoms with E-state index in [4.69, 9.17) is 0 Å². The number of hydrogen-bond donors (Lipinski definition) is 1. The van der Waals surface area contributed by atoms with Gasteiger partial charge in [0.15, 0.2) is 0 Å². The van der Waals surface area contributed by atoms with Crippen molar-refractivity contribution >= 4 is 17.9 Å². The lowest BCUT2D eigenvalue weighted by molar-refractivity contribution is -0.333. The van der Waals surface area contributed by atoms with Crippen LogP contribution >= 0.6 is 0 Å². The molecule has 7 heteroatoms. The molecule has 0 rings (SSSR count). The number of esters is 1. The topological polar surface area (TPSA) is 127 Å². The van der Waals surface area contributed by atoms with Gasteiger partial charge in [-0.3, -0.25) is 4.79 Å². The molecule has 7 nitrogen and oxygen atoms in total. The molecule has 0 spiro atoms. The molecule has 0 radical (unpaired) electrons. The zero-order chi connectivity index (χ0) is 12.9. The van der Waals surface area contributed by atoms with Crippen LogP contribution in [0.5, 0.6) is 0 Å². The van der Waals surface area contributed by atoms with Gasteiger partial charge in [-0.15, -0.1) is 0 Å². The van der Waals surface area contributed by atoms with E-state index in [2.05, 4.69) is 4.74 Å². The lowest BCUT2D eigenvalue weighted by atomic mass is 9.96. The molecule has 0 amide bonds. The average Bonchev–Trinajstić information content (AvgIpc) is 1.98. The SMILES string of the molecule is CC(C)OC(=O)CC(O)(CC(=O)[O-])C(=O)[O-]. The molecule has 0 aromatic carbocycles. The van der Waals surface area contributed by atoms with E-state index < -0.39 is 42.5 Å². The Hall–Kier alpha value is -1.63. The van der Waals surface area contributed by atoms with Gasteiger partial charge in [-0.25, -0.2) is 0 Å². The summed E-state index contributed by atoms with van der Waals surface area (Å²) >= 11 is 0. The highest BCUT2D eigenvalue weighted by molar-refractivity contribution is 5.87. The summed E-state index contributed by atoms with van der Waals surface area (Å²) in [6, 6.07) is 0. The number of hydrogen-bond acceptors (Lipinski definition) is 7. The number of aliphatic carboxylic acids is 2. The van der Waals surface area contributed by atoms with E-state index >= 15 is 0 Å². The van der Waals surface area contributed by atoms with E-state index in [9.17, 15) is 29.7 Å². The normalized spacial score (nSPS) is 14.2. The van der Waals surface area contributed by atoms with Crippen LogP contribution in [0.3, 0.4) is 0 Å². The molecular weight excluding hydrogens is 220 g/mol. The molecule has 0 fully saturated rings. The first-order valence-corrected chi connectivity index (χ1v) is 4.50. The van der Waals surface area contributed by atoms with E-state index in [0.717, 1.165) is 0 Å². The van der Waals surface area contributed by atoms with Gasteiger partial charge < -0.3 is 29.6 Å². The number of carbonyl (C=O) groups is 3. The second-order valence-electron chi connectivity index (χ2n) is 3.58. The van der Waals surface area contributed by atoms with Crippen molar-refractivity contribution in [3.05, 3.63) is 0 Å². The van der Waals surface area contributed by atoms with Gasteiger partial charge in [0.05, 0.1) is 18.5 Å². The van der Waals surface area contributed by atoms with Crippen LogP contribution in [0.25, 0.3) is 0 Å². The summed E-state index contributed by atoms with van der Waals surface area (Å²) in [6.45, 7) is 3.05. The minimum atomic E-state index is -2.80. The monoisotopic (exact) mass is 232 g/mol. The molecule has 0 aromatic heterocycles. The quantitative estimate of drug-likeness (QED) is 0.482. The Morgan fingerprint density at radius 3 is 2.06 bits per heavy atom. The number of rotatable bonds is 6. The predicted octanol–water partition coefficient (Wildman–Crippen LogP) is -3.05. The molecule has 0 heterocycles. The van der Waals surface area contributed by atoms with Gasteiger partial charge in [0, 0.05) is 12.4 Å². The Morgan fingerprint density at radius 2 is 1.75 bits per heavy atom. The van der Waals surface area contributed by atoms with Crippen molar-refractivity contribution < 1.29 is 34.4 Å². The highest BCUT2D eigenvalue weighted by Crippen LogP contribution is 2.15. The van der Waals surface area contributed by atoms with Crippen molar-refractivity contribution in [2.45, 2.75) is 38.4 Å². The van der Waals surface area contributed by atoms with Crippen LogP contribution in [-0.4, -0.2) is 34.7 Å². The Labute approximate surface area is 91.6 Å². The smallest absolute Gasteiger partial charge is 0.309 e. The first-order valence-electron chi connectivity index (χ1n) is 4.50. The second-order valence-corrected chi connectivity index (χ2v) is 3.58. The summed E-state index contributed by atoms with van der Waals surface area (Å²) in [5.41, 5.74) is -2.80. The van der Waals surface area contributed by atoms with Gasteiger partial charge in [-0.1, -0.05) is 0 Å². The second kappa shape index (κ2) is 5.45. The fourth-order valence-corrected chi connectivity index (χ4v) is 0.989. The summed E-state index contributed by atoms with van der Waals surface area (Å²) in [6.07, 6.45) is -2.73. The van der Waals surface area contributed by atoms with Gasteiger partial charge >= 0.3 is 5.97 Å². The van der Waals surface area contributed by atoms with E-state index in [1.165, 1.54) is 13.8 Å². The van der Waals surface area contributed by atoms with Crippen molar-refractivity contribution in [3.63, 3.8) is 0 Å². The van der Waals surface area contributed by atoms with E-state index in [1.807, 2.05) is 0 Å². The number of carboxylic acid groups (broad SMARTS) is 2. The molecular formula is C9H12O7-2. The van der Waals surface area contributed by atoms with Gasteiger partial charge in [0.25, 0.3) is 0 Å². The molecule has 0 saturated carbocycles. The van der Waals surface area contributed by atoms with Crippen LogP contribution in [0.15, 0.2) is 0 Å². The molecule has 0 bridgehead atoms. The maximum absolute atomic E-state index is 11.1. The molecule has 0 saturated heterocycles. The average molecular weight is 232 g/mol. The summed E-state index contributed by atoms with van der Waals surface area (Å²) in [5.74, 6) is -4.88. The highest BCUT2D eigenvalue weighted by Gasteiger charge is 2.33. The standard InChI is InChI=1S/C9H14O7/c1-5(2)16-7(12)4-9(15,8(13)14)3-6(10)11/h5,15H,3-4H2,1-2H3,(H,10,11)(H,13,14)/p-2. The van der Waals surface area contributed by atoms with E-state index in [1.54, 1.807) is 0 Å². The Balaban J connectivity index is 4.62. The minimum absolute atomic E-state index is 0.499. The molecule has 92 valence electrons. The molecule has 1 N–H and O–H groups in total. The molecule has 16 heavy (non-hydrogen) atoms. The van der Waals surface area contributed by atoms with Crippen LogP contribution in [0.4, 0.5) is 0 Å². The predicted molar refractivity (Wildman–Crippen MR) is 45.4 cm³/mol. The molecule has 1 atom stereocenters. The van der Waals surface area contributed by atoms with Crippen LogP contribution in [-0.2, 0) is 19.1 Å². The Morgan fingerprint density at radius 1 is 1.25 bits per heavy atom. The van der Waals surface area contributed by atoms with Crippen LogP contribution in [0.1, 0.15) is 26.7 Å². The fraction of sp³-hybridized carbons (Fsp3) is 0.667. The summed E-state index contributed by atoms with van der Waals surface area (Å²) < 4.78 is 4.57. The van der Waals surface area contributed by atoms with Gasteiger partial charge in [0.2, 0.25) is 0 Å². The van der Waals surface area contributed by atoms with E-state index in [-0.39, 0.29) is 0 Å². The third-order valence-corrected chi connectivity index (χ3v) is 1.62. The summed E-state index contributed by atoms with van der Waals surface area (Å²) in [4.78, 5) is 31.8. The summed E-state index contributed by atoms with van der Waals surface area (Å²) in [5, 5.41) is 30.1. The third kappa shape index (κ3) is 4.74. The largest absolute Gasteiger partial charge is 0.550 e. The first-order chi connectivity index (χ1) is 7.17. The third-order valence-electron chi connectivity index (χ3n) is 1.62. The van der Waals surface area contributed by atoms with Crippen molar-refractivity contribution in [1.29, 1.82) is 0 Å². The number of carboxylic acids is 2. The maximum Gasteiger partial charge on any atom is 0.309 e. The van der Waals surface area contributed by atoms with E-state index in [0.29, 0.717) is 0 Å². The van der Waals surface area contributed by atoms with Crippen molar-refractivity contribution in [3.8, 4) is 0 Å². The van der Waals surface area contributed by atoms with Crippen LogP contribution < -0.4 is 10.2 Å². The molecule has 0 aliphatic carbocycles. The fourth-order valence-electron chi connectivity index (χ4n) is 0.989. The molecule has 0 aliphatic rings. The van der Waals surface area contributed by atoms with Gasteiger partial charge in [-0.2, -0.15) is 0 Å². The first kappa shape index (κ1) is 14.4. The highest BCUT2D eigenvalue weighted by atomic mass is 16.5. The van der Waals surface area contributed by atoms with Crippen molar-refractivity contribution in [2.24, 2.45) is 0 Å². The molecule has 0 aromatic rings. The van der Waals surface area contributed by atoms with Crippen LogP contribution in [0, 0.1) is 0 Å². The molecule has 0 aliphatic heterocycles. The molecule has 1 unspecified atom stereocenters. The maximum atomic E-state index is 11.1. The zero-order valence-electron chi connectivity index (χ0n) is 8.89. The Bertz CT molecular complexity index is 296. The van der Waals surface area contributed by atoms with Crippen molar-refractivity contribution in [2.75, 3.05) is 0 Å². The van der Waals surface area contributed by atoms with Crippen LogP contribution in [0.2, 0.25) is 0 Å². The van der Waals surface area contributed by atoms with Gasteiger partial charge in [-0.05, 0) is 13.8 Å². The van der Waals surface area contributed by atoms with Gasteiger partial charge in [0.1, 0.15) is 5.60 Å². The number of ether oxygens (including phenoxy) is 1. The Kier molecular flexibility index (Phi) is 4.90. The lowest BCUT2D eigenvalue weighted by Gasteiger charge is -2.28. The lowest BCUT2D eigenvalue weighted by Crippen LogP contribution is -2.53. The minimum Gasteiger partial charge on any atom is -0.550 e. The number of aliphatic hydroxyl groups is 1. The summed E-state index contributed by atoms with van der Waals surface area (Å²) in [7, 11) is 0. The zero-order valence-corrected chi connectivity index (χ0v) is 8.89. The number of carbonyl (C=O) groups excluding carboxylic acids is 3. The van der Waals surface area contributed by atoms with Crippen molar-refractivity contribution in [1.82, 2.24) is 0 Å².